The molecule has 0 radical (unpaired) electrons. The van der Waals surface area contributed by atoms with E-state index in [0.717, 1.165) is 10.6 Å². The van der Waals surface area contributed by atoms with E-state index in [4.69, 9.17) is 11.6 Å². The van der Waals surface area contributed by atoms with Crippen molar-refractivity contribution in [1.29, 1.82) is 0 Å². The van der Waals surface area contributed by atoms with Crippen LogP contribution in [0.3, 0.4) is 0 Å². The minimum absolute atomic E-state index is 0.275. The largest absolute Gasteiger partial charge is 0.145 e. The van der Waals surface area contributed by atoms with Crippen molar-refractivity contribution in [2.45, 2.75) is 19.0 Å². The number of allylic oxidation sites excluding steroid dienone is 4. The molecule has 0 fully saturated rings. The van der Waals surface area contributed by atoms with Crippen molar-refractivity contribution in [1.82, 2.24) is 0 Å². The van der Waals surface area contributed by atoms with E-state index in [2.05, 4.69) is 117 Å². The van der Waals surface area contributed by atoms with Crippen LogP contribution in [0.1, 0.15) is 13.8 Å². The third kappa shape index (κ3) is 2.71. The average molecular weight is 390 g/mol. The molecule has 1 atom stereocenters. The topological polar surface area (TPSA) is 0 Å². The lowest BCUT2D eigenvalue weighted by Crippen LogP contribution is -2.44. The quantitative estimate of drug-likeness (QED) is 0.493. The molecule has 0 saturated carbocycles. The number of rotatable bonds is 4. The lowest BCUT2D eigenvalue weighted by molar-refractivity contribution is 0.979. The maximum Gasteiger partial charge on any atom is 0.145 e. The minimum atomic E-state index is -2.08. The van der Waals surface area contributed by atoms with E-state index in [1.807, 2.05) is 0 Å². The summed E-state index contributed by atoms with van der Waals surface area (Å²) < 4.78 is 0. The zero-order valence-electron chi connectivity index (χ0n) is 15.6. The molecule has 3 aromatic rings. The van der Waals surface area contributed by atoms with Crippen molar-refractivity contribution in [3.63, 3.8) is 0 Å². The van der Waals surface area contributed by atoms with Gasteiger partial charge < -0.3 is 0 Å². The van der Waals surface area contributed by atoms with Crippen LogP contribution < -0.4 is 15.9 Å². The summed E-state index contributed by atoms with van der Waals surface area (Å²) in [6.07, 6.45) is 4.51. The van der Waals surface area contributed by atoms with Gasteiger partial charge in [-0.3, -0.25) is 0 Å². The minimum Gasteiger partial charge on any atom is -0.0838 e. The Morgan fingerprint density at radius 2 is 1.04 bits per heavy atom. The van der Waals surface area contributed by atoms with Gasteiger partial charge in [-0.05, 0) is 61.9 Å². The van der Waals surface area contributed by atoms with Crippen molar-refractivity contribution < 1.29 is 0 Å². The number of hydrogen-bond donors (Lipinski definition) is 0. The molecule has 0 nitrogen and oxygen atoms in total. The van der Waals surface area contributed by atoms with Gasteiger partial charge in [-0.15, -0.1) is 0 Å². The smallest absolute Gasteiger partial charge is 0.0838 e. The Morgan fingerprint density at radius 1 is 0.667 bits per heavy atom. The van der Waals surface area contributed by atoms with E-state index in [1.165, 1.54) is 15.9 Å². The summed E-state index contributed by atoms with van der Waals surface area (Å²) in [4.78, 5) is 0. The summed E-state index contributed by atoms with van der Waals surface area (Å²) in [7, 11) is -2.08. The molecule has 1 aliphatic rings. The van der Waals surface area contributed by atoms with Crippen LogP contribution in [0.25, 0.3) is 0 Å². The van der Waals surface area contributed by atoms with Gasteiger partial charge in [-0.25, -0.2) is 0 Å². The van der Waals surface area contributed by atoms with E-state index < -0.39 is 7.26 Å². The molecule has 27 heavy (non-hydrogen) atoms. The van der Waals surface area contributed by atoms with E-state index >= 15 is 0 Å². The second-order valence-electron chi connectivity index (χ2n) is 7.16. The van der Waals surface area contributed by atoms with Crippen LogP contribution in [0.4, 0.5) is 0 Å². The van der Waals surface area contributed by atoms with Crippen molar-refractivity contribution in [2.75, 3.05) is 0 Å². The van der Waals surface area contributed by atoms with E-state index in [-0.39, 0.29) is 5.16 Å². The predicted molar refractivity (Wildman–Crippen MR) is 121 cm³/mol. The lowest BCUT2D eigenvalue weighted by Gasteiger charge is -2.39. The number of hydrogen-bond acceptors (Lipinski definition) is 0. The standard InChI is InChI=1S/C25H23ClP/c1-20-18-19-25(2,24(20)26)27(21-12-6-3-7-13-21,22-14-8-4-9-15-22)23-16-10-5-11-17-23/h3-19H,1-2H3/q+1. The van der Waals surface area contributed by atoms with Gasteiger partial charge in [0.05, 0.1) is 5.03 Å². The fraction of sp³-hybridized carbons (Fsp3) is 0.120. The van der Waals surface area contributed by atoms with Crippen LogP contribution in [0, 0.1) is 0 Å². The summed E-state index contributed by atoms with van der Waals surface area (Å²) in [5, 5.41) is 4.72. The summed E-state index contributed by atoms with van der Waals surface area (Å²) in [5.41, 5.74) is 1.16. The maximum absolute atomic E-state index is 7.05. The Labute approximate surface area is 167 Å². The van der Waals surface area contributed by atoms with E-state index in [0.29, 0.717) is 0 Å². The highest BCUT2D eigenvalue weighted by Crippen LogP contribution is 2.70. The molecular weight excluding hydrogens is 367 g/mol. The Bertz CT molecular complexity index is 894. The summed E-state index contributed by atoms with van der Waals surface area (Å²) in [6, 6.07) is 32.7. The first kappa shape index (κ1) is 18.2. The molecule has 0 N–H and O–H groups in total. The molecule has 0 amide bonds. The van der Waals surface area contributed by atoms with Crippen LogP contribution in [0.5, 0.6) is 0 Å². The van der Waals surface area contributed by atoms with Gasteiger partial charge in [0.25, 0.3) is 0 Å². The normalized spacial score (nSPS) is 19.5. The van der Waals surface area contributed by atoms with E-state index in [9.17, 15) is 0 Å². The van der Waals surface area contributed by atoms with Gasteiger partial charge in [0.15, 0.2) is 0 Å². The van der Waals surface area contributed by atoms with Gasteiger partial charge in [0.2, 0.25) is 0 Å². The molecule has 134 valence electrons. The van der Waals surface area contributed by atoms with Crippen molar-refractivity contribution in [2.24, 2.45) is 0 Å². The zero-order valence-corrected chi connectivity index (χ0v) is 17.3. The third-order valence-corrected chi connectivity index (χ3v) is 11.4. The third-order valence-electron chi connectivity index (χ3n) is 5.58. The zero-order chi connectivity index (χ0) is 18.9. The molecule has 0 spiro atoms. The monoisotopic (exact) mass is 389 g/mol. The van der Waals surface area contributed by atoms with Crippen LogP contribution >= 0.6 is 18.9 Å². The van der Waals surface area contributed by atoms with Gasteiger partial charge in [0.1, 0.15) is 28.3 Å². The van der Waals surface area contributed by atoms with Gasteiger partial charge in [0, 0.05) is 0 Å². The second kappa shape index (κ2) is 7.12. The Morgan fingerprint density at radius 3 is 1.33 bits per heavy atom. The van der Waals surface area contributed by atoms with Crippen molar-refractivity contribution in [3.8, 4) is 0 Å². The summed E-state index contributed by atoms with van der Waals surface area (Å²) in [5.74, 6) is 0. The molecule has 2 heteroatoms. The van der Waals surface area contributed by atoms with Gasteiger partial charge >= 0.3 is 0 Å². The number of benzene rings is 3. The Hall–Kier alpha value is -2.14. The average Bonchev–Trinajstić information content (AvgIpc) is 2.99. The fourth-order valence-electron chi connectivity index (χ4n) is 4.30. The van der Waals surface area contributed by atoms with Crippen LogP contribution in [0.15, 0.2) is 114 Å². The molecule has 1 unspecified atom stereocenters. The second-order valence-corrected chi connectivity index (χ2v) is 11.4. The van der Waals surface area contributed by atoms with Crippen LogP contribution in [-0.2, 0) is 0 Å². The Balaban J connectivity index is 2.17. The Kier molecular flexibility index (Phi) is 4.81. The molecule has 0 bridgehead atoms. The SMILES string of the molecule is CC1=C(Cl)C(C)([P+](c2ccccc2)(c2ccccc2)c2ccccc2)C=C1. The van der Waals surface area contributed by atoms with Crippen LogP contribution in [-0.4, -0.2) is 5.16 Å². The van der Waals surface area contributed by atoms with Crippen LogP contribution in [0.2, 0.25) is 0 Å². The first-order chi connectivity index (χ1) is 13.1. The molecule has 1 aliphatic carbocycles. The first-order valence-electron chi connectivity index (χ1n) is 9.23. The maximum atomic E-state index is 7.05. The molecule has 0 heterocycles. The number of halogens is 1. The van der Waals surface area contributed by atoms with Crippen molar-refractivity contribution in [3.05, 3.63) is 114 Å². The molecule has 0 saturated heterocycles. The van der Waals surface area contributed by atoms with Gasteiger partial charge in [-0.2, -0.15) is 0 Å². The molecule has 3 aromatic carbocycles. The highest BCUT2D eigenvalue weighted by atomic mass is 35.5. The molecule has 0 aromatic heterocycles. The summed E-state index contributed by atoms with van der Waals surface area (Å²) in [6.45, 7) is 4.42. The van der Waals surface area contributed by atoms with Crippen molar-refractivity contribution >= 4 is 34.8 Å². The fourth-order valence-corrected chi connectivity index (χ4v) is 9.94. The lowest BCUT2D eigenvalue weighted by atomic mass is 10.2. The summed E-state index contributed by atoms with van der Waals surface area (Å²) >= 11 is 7.05. The van der Waals surface area contributed by atoms with Gasteiger partial charge in [-0.1, -0.05) is 72.3 Å². The van der Waals surface area contributed by atoms with E-state index in [1.54, 1.807) is 0 Å². The molecular formula is C25H23ClP+. The molecule has 0 aliphatic heterocycles. The highest BCUT2D eigenvalue weighted by Gasteiger charge is 2.61. The first-order valence-corrected chi connectivity index (χ1v) is 11.4. The molecule has 4 rings (SSSR count). The highest BCUT2D eigenvalue weighted by molar-refractivity contribution is 7.97. The predicted octanol–water partition coefficient (Wildman–Crippen LogP) is 5.82.